The van der Waals surface area contributed by atoms with E-state index in [1.165, 1.54) is 0 Å². The summed E-state index contributed by atoms with van der Waals surface area (Å²) in [6.07, 6.45) is 1.44. The van der Waals surface area contributed by atoms with E-state index in [4.69, 9.17) is 5.11 Å². The van der Waals surface area contributed by atoms with E-state index in [-0.39, 0.29) is 18.9 Å². The van der Waals surface area contributed by atoms with Crippen molar-refractivity contribution in [2.24, 2.45) is 0 Å². The fraction of sp³-hybridized carbons (Fsp3) is 0.615. The quantitative estimate of drug-likeness (QED) is 0.477. The summed E-state index contributed by atoms with van der Waals surface area (Å²) in [5.74, 6) is -1.70. The highest BCUT2D eigenvalue weighted by molar-refractivity contribution is 5.94. The number of hydrogen-bond donors (Lipinski definition) is 3. The molecule has 2 amide bonds. The van der Waals surface area contributed by atoms with Crippen molar-refractivity contribution in [2.75, 3.05) is 6.54 Å². The summed E-state index contributed by atoms with van der Waals surface area (Å²) in [7, 11) is 0. The van der Waals surface area contributed by atoms with Crippen LogP contribution < -0.4 is 10.6 Å². The molecule has 0 saturated carbocycles. The number of aliphatic carboxylic acids is 1. The van der Waals surface area contributed by atoms with Gasteiger partial charge in [0, 0.05) is 13.0 Å². The first-order chi connectivity index (χ1) is 8.79. The first-order valence-corrected chi connectivity index (χ1v) is 6.24. The molecule has 0 aromatic rings. The molecule has 6 nitrogen and oxygen atoms in total. The fourth-order valence-electron chi connectivity index (χ4n) is 1.08. The number of rotatable bonds is 7. The zero-order chi connectivity index (χ0) is 15.5. The summed E-state index contributed by atoms with van der Waals surface area (Å²) >= 11 is 0. The maximum atomic E-state index is 11.7. The van der Waals surface area contributed by atoms with E-state index in [1.54, 1.807) is 13.8 Å². The summed E-state index contributed by atoms with van der Waals surface area (Å²) < 4.78 is 0. The van der Waals surface area contributed by atoms with Gasteiger partial charge in [0.1, 0.15) is 5.54 Å². The molecule has 110 valence electrons. The molecular formula is C13H24N2O4. The minimum atomic E-state index is -1.05. The van der Waals surface area contributed by atoms with Gasteiger partial charge in [-0.05, 0) is 26.3 Å². The van der Waals surface area contributed by atoms with E-state index in [9.17, 15) is 14.4 Å². The predicted octanol–water partition coefficient (Wildman–Crippen LogP) is 1.07. The van der Waals surface area contributed by atoms with Crippen molar-refractivity contribution < 1.29 is 19.5 Å². The van der Waals surface area contributed by atoms with E-state index < -0.39 is 17.4 Å². The molecule has 19 heavy (non-hydrogen) atoms. The Kier molecular flexibility index (Phi) is 10.4. The van der Waals surface area contributed by atoms with Crippen molar-refractivity contribution in [2.45, 2.75) is 46.1 Å². The fourth-order valence-corrected chi connectivity index (χ4v) is 1.08. The third-order valence-corrected chi connectivity index (χ3v) is 2.04. The second-order valence-corrected chi connectivity index (χ2v) is 4.07. The van der Waals surface area contributed by atoms with Gasteiger partial charge in [0.15, 0.2) is 0 Å². The van der Waals surface area contributed by atoms with Gasteiger partial charge in [0.2, 0.25) is 11.8 Å². The minimum absolute atomic E-state index is 0.000272. The van der Waals surface area contributed by atoms with Crippen LogP contribution in [0.3, 0.4) is 0 Å². The van der Waals surface area contributed by atoms with Gasteiger partial charge in [-0.1, -0.05) is 20.4 Å². The number of amides is 2. The molecule has 0 saturated heterocycles. The van der Waals surface area contributed by atoms with Crippen LogP contribution in [-0.2, 0) is 14.4 Å². The third kappa shape index (κ3) is 9.82. The molecule has 3 N–H and O–H groups in total. The third-order valence-electron chi connectivity index (χ3n) is 2.04. The highest BCUT2D eigenvalue weighted by Gasteiger charge is 2.28. The maximum Gasteiger partial charge on any atom is 0.303 e. The zero-order valence-electron chi connectivity index (χ0n) is 12.1. The van der Waals surface area contributed by atoms with Gasteiger partial charge in [-0.2, -0.15) is 0 Å². The highest BCUT2D eigenvalue weighted by atomic mass is 16.4. The molecule has 0 unspecified atom stereocenters. The average molecular weight is 272 g/mol. The summed E-state index contributed by atoms with van der Waals surface area (Å²) in [6, 6.07) is 0. The van der Waals surface area contributed by atoms with Crippen LogP contribution in [0.1, 0.15) is 40.5 Å². The number of nitrogens with one attached hydrogen (secondary N) is 2. The molecule has 0 rings (SSSR count). The molecule has 0 spiro atoms. The van der Waals surface area contributed by atoms with E-state index in [0.717, 1.165) is 6.08 Å². The standard InChI is InChI=1S/C11H18N2O4.C2H6/c1-4-8(14)13-11(2,3)10(17)12-7-5-6-9(15)16;1-2/h4H,1,5-7H2,2-3H3,(H,12,17)(H,13,14)(H,15,16);1-2H3. The molecule has 0 bridgehead atoms. The molecule has 0 aromatic heterocycles. The van der Waals surface area contributed by atoms with Crippen molar-refractivity contribution in [1.29, 1.82) is 0 Å². The van der Waals surface area contributed by atoms with Crippen molar-refractivity contribution in [1.82, 2.24) is 10.6 Å². The van der Waals surface area contributed by atoms with E-state index >= 15 is 0 Å². The number of carbonyl (C=O) groups is 3. The molecule has 6 heteroatoms. The number of carboxylic acids is 1. The Morgan fingerprint density at radius 3 is 2.21 bits per heavy atom. The lowest BCUT2D eigenvalue weighted by Gasteiger charge is -2.24. The SMILES string of the molecule is C=CC(=O)NC(C)(C)C(=O)NCCCC(=O)O.CC. The van der Waals surface area contributed by atoms with E-state index in [2.05, 4.69) is 17.2 Å². The lowest BCUT2D eigenvalue weighted by Crippen LogP contribution is -2.54. The molecule has 0 aliphatic carbocycles. The Hall–Kier alpha value is -1.85. The molecule has 0 aromatic carbocycles. The van der Waals surface area contributed by atoms with Crippen LogP contribution in [0.15, 0.2) is 12.7 Å². The topological polar surface area (TPSA) is 95.5 Å². The van der Waals surface area contributed by atoms with Crippen LogP contribution in [0.2, 0.25) is 0 Å². The molecule has 0 aliphatic rings. The lowest BCUT2D eigenvalue weighted by molar-refractivity contribution is -0.137. The van der Waals surface area contributed by atoms with Gasteiger partial charge in [0.05, 0.1) is 0 Å². The largest absolute Gasteiger partial charge is 0.481 e. The molecule has 0 radical (unpaired) electrons. The predicted molar refractivity (Wildman–Crippen MR) is 73.6 cm³/mol. The van der Waals surface area contributed by atoms with Crippen LogP contribution in [0.5, 0.6) is 0 Å². The van der Waals surface area contributed by atoms with Gasteiger partial charge in [-0.3, -0.25) is 14.4 Å². The van der Waals surface area contributed by atoms with Crippen LogP contribution in [0.25, 0.3) is 0 Å². The maximum absolute atomic E-state index is 11.7. The lowest BCUT2D eigenvalue weighted by atomic mass is 10.0. The van der Waals surface area contributed by atoms with Crippen molar-refractivity contribution in [3.63, 3.8) is 0 Å². The smallest absolute Gasteiger partial charge is 0.303 e. The second-order valence-electron chi connectivity index (χ2n) is 4.07. The van der Waals surface area contributed by atoms with Crippen LogP contribution in [0, 0.1) is 0 Å². The van der Waals surface area contributed by atoms with Gasteiger partial charge < -0.3 is 15.7 Å². The number of carbonyl (C=O) groups excluding carboxylic acids is 2. The molecular weight excluding hydrogens is 248 g/mol. The molecule has 0 atom stereocenters. The summed E-state index contributed by atoms with van der Waals surface area (Å²) in [6.45, 7) is 10.7. The molecule has 0 fully saturated rings. The second kappa shape index (κ2) is 10.1. The highest BCUT2D eigenvalue weighted by Crippen LogP contribution is 2.02. The monoisotopic (exact) mass is 272 g/mol. The Balaban J connectivity index is 0. The van der Waals surface area contributed by atoms with Crippen LogP contribution in [0.4, 0.5) is 0 Å². The number of carboxylic acid groups (broad SMARTS) is 1. The first-order valence-electron chi connectivity index (χ1n) is 6.24. The van der Waals surface area contributed by atoms with E-state index in [0.29, 0.717) is 6.42 Å². The van der Waals surface area contributed by atoms with Crippen molar-refractivity contribution >= 4 is 17.8 Å². The van der Waals surface area contributed by atoms with Gasteiger partial charge in [0.25, 0.3) is 0 Å². The molecule has 0 aliphatic heterocycles. The summed E-state index contributed by atoms with van der Waals surface area (Å²) in [4.78, 5) is 33.0. The van der Waals surface area contributed by atoms with Gasteiger partial charge in [-0.15, -0.1) is 0 Å². The van der Waals surface area contributed by atoms with Crippen molar-refractivity contribution in [3.8, 4) is 0 Å². The van der Waals surface area contributed by atoms with E-state index in [1.807, 2.05) is 13.8 Å². The Morgan fingerprint density at radius 2 is 1.79 bits per heavy atom. The Bertz CT molecular complexity index is 325. The van der Waals surface area contributed by atoms with Crippen molar-refractivity contribution in [3.05, 3.63) is 12.7 Å². The first kappa shape index (κ1) is 19.5. The summed E-state index contributed by atoms with van der Waals surface area (Å²) in [5.41, 5.74) is -1.05. The summed E-state index contributed by atoms with van der Waals surface area (Å²) in [5, 5.41) is 13.4. The minimum Gasteiger partial charge on any atom is -0.481 e. The van der Waals surface area contributed by atoms with Gasteiger partial charge in [-0.25, -0.2) is 0 Å². The molecule has 0 heterocycles. The number of hydrogen-bond acceptors (Lipinski definition) is 3. The Labute approximate surface area is 114 Å². The average Bonchev–Trinajstić information content (AvgIpc) is 2.35. The van der Waals surface area contributed by atoms with Gasteiger partial charge >= 0.3 is 5.97 Å². The van der Waals surface area contributed by atoms with Crippen LogP contribution >= 0.6 is 0 Å². The van der Waals surface area contributed by atoms with Crippen LogP contribution in [-0.4, -0.2) is 35.0 Å². The Morgan fingerprint density at radius 1 is 1.26 bits per heavy atom. The zero-order valence-corrected chi connectivity index (χ0v) is 12.1. The normalized spacial score (nSPS) is 9.68.